The zero-order valence-corrected chi connectivity index (χ0v) is 10.3. The molecule has 0 spiro atoms. The molecule has 2 aromatic carbocycles. The number of hydrogen-bond donors (Lipinski definition) is 0. The molecule has 0 unspecified atom stereocenters. The molecule has 1 heterocycles. The van der Waals surface area contributed by atoms with Crippen molar-refractivity contribution in [2.24, 2.45) is 0 Å². The van der Waals surface area contributed by atoms with E-state index in [0.29, 0.717) is 17.9 Å². The third-order valence-corrected chi connectivity index (χ3v) is 3.54. The lowest BCUT2D eigenvalue weighted by Crippen LogP contribution is -2.07. The Hall–Kier alpha value is -2.13. The highest BCUT2D eigenvalue weighted by molar-refractivity contribution is 6.23. The van der Waals surface area contributed by atoms with Gasteiger partial charge in [-0.3, -0.25) is 4.79 Å². The number of rotatable bonds is 3. The van der Waals surface area contributed by atoms with Gasteiger partial charge >= 0.3 is 0 Å². The van der Waals surface area contributed by atoms with Crippen molar-refractivity contribution in [1.82, 2.24) is 0 Å². The van der Waals surface area contributed by atoms with Crippen LogP contribution in [0.25, 0.3) is 11.1 Å². The molecule has 1 atom stereocenters. The molecule has 3 heteroatoms. The maximum absolute atomic E-state index is 12.5. The molecule has 1 aliphatic heterocycles. The van der Waals surface area contributed by atoms with E-state index in [-0.39, 0.29) is 11.9 Å². The Morgan fingerprint density at radius 2 is 1.79 bits per heavy atom. The van der Waals surface area contributed by atoms with Crippen LogP contribution in [0.2, 0.25) is 0 Å². The van der Waals surface area contributed by atoms with Crippen molar-refractivity contribution in [3.05, 3.63) is 53.6 Å². The number of carbonyl (C=O) groups is 1. The Kier molecular flexibility index (Phi) is 2.23. The fourth-order valence-corrected chi connectivity index (χ4v) is 2.51. The van der Waals surface area contributed by atoms with E-state index in [4.69, 9.17) is 9.47 Å². The summed E-state index contributed by atoms with van der Waals surface area (Å²) in [5.74, 6) is 0.715. The number of benzene rings is 2. The molecule has 19 heavy (non-hydrogen) atoms. The maximum atomic E-state index is 12.5. The second-order valence-electron chi connectivity index (χ2n) is 4.82. The second kappa shape index (κ2) is 3.93. The van der Waals surface area contributed by atoms with Crippen LogP contribution >= 0.6 is 0 Å². The Balaban J connectivity index is 1.79. The summed E-state index contributed by atoms with van der Waals surface area (Å²) < 4.78 is 10.9. The standard InChI is InChI=1S/C16H12O3/c17-16-13-5-2-1-4-11(13)12-6-3-7-14(15(12)16)19-9-10-8-18-10/h1-7,10H,8-9H2/t10-/m0/s1. The lowest BCUT2D eigenvalue weighted by atomic mass is 10.1. The van der Waals surface area contributed by atoms with Crippen LogP contribution in [-0.2, 0) is 4.74 Å². The molecular formula is C16H12O3. The monoisotopic (exact) mass is 252 g/mol. The predicted octanol–water partition coefficient (Wildman–Crippen LogP) is 2.68. The van der Waals surface area contributed by atoms with E-state index in [2.05, 4.69) is 0 Å². The van der Waals surface area contributed by atoms with Crippen molar-refractivity contribution in [1.29, 1.82) is 0 Å². The summed E-state index contributed by atoms with van der Waals surface area (Å²) >= 11 is 0. The van der Waals surface area contributed by atoms with Gasteiger partial charge in [0.05, 0.1) is 12.2 Å². The SMILES string of the molecule is O=C1c2ccccc2-c2cccc(OC[C@@H]3CO3)c21. The number of ketones is 1. The summed E-state index contributed by atoms with van der Waals surface area (Å²) in [6.07, 6.45) is 0.190. The van der Waals surface area contributed by atoms with Gasteiger partial charge in [-0.05, 0) is 17.2 Å². The first-order valence-electron chi connectivity index (χ1n) is 6.36. The fraction of sp³-hybridized carbons (Fsp3) is 0.188. The van der Waals surface area contributed by atoms with Crippen LogP contribution in [0.15, 0.2) is 42.5 Å². The molecule has 1 aliphatic carbocycles. The molecule has 0 N–H and O–H groups in total. The summed E-state index contributed by atoms with van der Waals surface area (Å²) in [6.45, 7) is 1.27. The minimum atomic E-state index is 0.0536. The number of hydrogen-bond acceptors (Lipinski definition) is 3. The number of carbonyl (C=O) groups excluding carboxylic acids is 1. The first-order valence-corrected chi connectivity index (χ1v) is 6.36. The minimum absolute atomic E-state index is 0.0536. The lowest BCUT2D eigenvalue weighted by molar-refractivity contribution is 0.103. The van der Waals surface area contributed by atoms with Crippen molar-refractivity contribution >= 4 is 5.78 Å². The molecule has 4 rings (SSSR count). The van der Waals surface area contributed by atoms with Gasteiger partial charge in [0.1, 0.15) is 18.5 Å². The van der Waals surface area contributed by atoms with Gasteiger partial charge in [-0.2, -0.15) is 0 Å². The summed E-state index contributed by atoms with van der Waals surface area (Å²) in [7, 11) is 0. The van der Waals surface area contributed by atoms with Gasteiger partial charge in [-0.1, -0.05) is 36.4 Å². The van der Waals surface area contributed by atoms with E-state index < -0.39 is 0 Å². The highest BCUT2D eigenvalue weighted by Crippen LogP contribution is 2.41. The molecule has 3 nitrogen and oxygen atoms in total. The smallest absolute Gasteiger partial charge is 0.198 e. The normalized spacial score (nSPS) is 18.9. The van der Waals surface area contributed by atoms with E-state index in [1.807, 2.05) is 42.5 Å². The average Bonchev–Trinajstić information content (AvgIpc) is 3.24. The van der Waals surface area contributed by atoms with Gasteiger partial charge < -0.3 is 9.47 Å². The van der Waals surface area contributed by atoms with Crippen LogP contribution in [0.3, 0.4) is 0 Å². The summed E-state index contributed by atoms with van der Waals surface area (Å²) in [6, 6.07) is 13.4. The fourth-order valence-electron chi connectivity index (χ4n) is 2.51. The third kappa shape index (κ3) is 1.66. The highest BCUT2D eigenvalue weighted by atomic mass is 16.6. The van der Waals surface area contributed by atoms with E-state index in [1.165, 1.54) is 0 Å². The zero-order chi connectivity index (χ0) is 12.8. The van der Waals surface area contributed by atoms with Crippen LogP contribution < -0.4 is 4.74 Å². The molecule has 0 radical (unpaired) electrons. The van der Waals surface area contributed by atoms with E-state index in [1.54, 1.807) is 0 Å². The van der Waals surface area contributed by atoms with Crippen LogP contribution in [0.5, 0.6) is 5.75 Å². The Morgan fingerprint density at radius 3 is 2.58 bits per heavy atom. The van der Waals surface area contributed by atoms with Gasteiger partial charge in [-0.25, -0.2) is 0 Å². The van der Waals surface area contributed by atoms with Gasteiger partial charge in [0.15, 0.2) is 5.78 Å². The topological polar surface area (TPSA) is 38.8 Å². The van der Waals surface area contributed by atoms with Crippen LogP contribution in [0, 0.1) is 0 Å². The van der Waals surface area contributed by atoms with Crippen molar-refractivity contribution in [3.63, 3.8) is 0 Å². The van der Waals surface area contributed by atoms with Crippen molar-refractivity contribution in [2.45, 2.75) is 6.10 Å². The summed E-state index contributed by atoms with van der Waals surface area (Å²) in [5.41, 5.74) is 3.41. The van der Waals surface area contributed by atoms with Gasteiger partial charge in [0.2, 0.25) is 0 Å². The van der Waals surface area contributed by atoms with Crippen LogP contribution in [0.4, 0.5) is 0 Å². The molecule has 1 fully saturated rings. The number of fused-ring (bicyclic) bond motifs is 3. The number of ether oxygens (including phenoxy) is 2. The first kappa shape index (κ1) is 10.8. The third-order valence-electron chi connectivity index (χ3n) is 3.54. The molecule has 0 saturated carbocycles. The molecule has 1 saturated heterocycles. The largest absolute Gasteiger partial charge is 0.490 e. The Bertz CT molecular complexity index is 671. The molecule has 2 aliphatic rings. The Morgan fingerprint density at radius 1 is 1.05 bits per heavy atom. The van der Waals surface area contributed by atoms with Gasteiger partial charge in [0, 0.05) is 5.56 Å². The second-order valence-corrected chi connectivity index (χ2v) is 4.82. The lowest BCUT2D eigenvalue weighted by Gasteiger charge is -2.08. The van der Waals surface area contributed by atoms with E-state index in [0.717, 1.165) is 23.3 Å². The van der Waals surface area contributed by atoms with Crippen LogP contribution in [-0.4, -0.2) is 25.1 Å². The summed E-state index contributed by atoms with van der Waals surface area (Å²) in [5, 5.41) is 0. The molecule has 0 bridgehead atoms. The van der Waals surface area contributed by atoms with Crippen molar-refractivity contribution < 1.29 is 14.3 Å². The highest BCUT2D eigenvalue weighted by Gasteiger charge is 2.30. The van der Waals surface area contributed by atoms with Crippen LogP contribution in [0.1, 0.15) is 15.9 Å². The first-order chi connectivity index (χ1) is 9.34. The van der Waals surface area contributed by atoms with E-state index >= 15 is 0 Å². The van der Waals surface area contributed by atoms with E-state index in [9.17, 15) is 4.79 Å². The Labute approximate surface area is 110 Å². The molecular weight excluding hydrogens is 240 g/mol. The molecule has 2 aromatic rings. The molecule has 0 aromatic heterocycles. The van der Waals surface area contributed by atoms with Crippen molar-refractivity contribution in [3.8, 4) is 16.9 Å². The molecule has 0 amide bonds. The average molecular weight is 252 g/mol. The summed E-state index contributed by atoms with van der Waals surface area (Å²) in [4.78, 5) is 12.5. The molecule has 94 valence electrons. The predicted molar refractivity (Wildman–Crippen MR) is 70.5 cm³/mol. The van der Waals surface area contributed by atoms with Gasteiger partial charge in [-0.15, -0.1) is 0 Å². The van der Waals surface area contributed by atoms with Gasteiger partial charge in [0.25, 0.3) is 0 Å². The number of epoxide rings is 1. The quantitative estimate of drug-likeness (QED) is 0.673. The minimum Gasteiger partial charge on any atom is -0.490 e. The van der Waals surface area contributed by atoms with Crippen molar-refractivity contribution in [2.75, 3.05) is 13.2 Å². The zero-order valence-electron chi connectivity index (χ0n) is 10.3. The maximum Gasteiger partial charge on any atom is 0.198 e.